The monoisotopic (exact) mass is 175 g/mol. The Morgan fingerprint density at radius 3 is 2.54 bits per heavy atom. The van der Waals surface area contributed by atoms with Crippen LogP contribution in [-0.4, -0.2) is 0 Å². The standard InChI is InChI=1S/C12H17N/c1-4-10-6-5-7-11(8-10)12(13)9(2)3/h5-8H,4,13H2,1-3H3. The number of aryl methyl sites for hydroxylation is 1. The molecule has 70 valence electrons. The minimum atomic E-state index is 0.898. The van der Waals surface area contributed by atoms with Crippen molar-refractivity contribution >= 4 is 5.70 Å². The maximum Gasteiger partial charge on any atom is 0.0373 e. The third-order valence-corrected chi connectivity index (χ3v) is 2.18. The molecule has 0 amide bonds. The zero-order valence-electron chi connectivity index (χ0n) is 8.59. The molecule has 1 nitrogen and oxygen atoms in total. The molecule has 0 aliphatic heterocycles. The van der Waals surface area contributed by atoms with E-state index < -0.39 is 0 Å². The van der Waals surface area contributed by atoms with Crippen molar-refractivity contribution in [3.8, 4) is 0 Å². The van der Waals surface area contributed by atoms with Gasteiger partial charge in [0.1, 0.15) is 0 Å². The summed E-state index contributed by atoms with van der Waals surface area (Å²) in [6.07, 6.45) is 1.06. The molecule has 0 spiro atoms. The first-order valence-electron chi connectivity index (χ1n) is 4.67. The number of benzene rings is 1. The van der Waals surface area contributed by atoms with Crippen LogP contribution in [0.2, 0.25) is 0 Å². The number of hydrogen-bond acceptors (Lipinski definition) is 1. The van der Waals surface area contributed by atoms with E-state index in [-0.39, 0.29) is 0 Å². The van der Waals surface area contributed by atoms with Gasteiger partial charge in [-0.2, -0.15) is 0 Å². The molecule has 0 heterocycles. The zero-order valence-corrected chi connectivity index (χ0v) is 8.59. The minimum Gasteiger partial charge on any atom is -0.398 e. The van der Waals surface area contributed by atoms with E-state index in [1.165, 1.54) is 11.1 Å². The second-order valence-corrected chi connectivity index (χ2v) is 3.47. The Bertz CT molecular complexity index is 320. The molecule has 0 fully saturated rings. The lowest BCUT2D eigenvalue weighted by atomic mass is 10.0. The third-order valence-electron chi connectivity index (χ3n) is 2.18. The lowest BCUT2D eigenvalue weighted by Crippen LogP contribution is -1.98. The van der Waals surface area contributed by atoms with Gasteiger partial charge >= 0.3 is 0 Å². The summed E-state index contributed by atoms with van der Waals surface area (Å²) in [6.45, 7) is 6.22. The SMILES string of the molecule is CCc1cccc(C(N)=C(C)C)c1. The molecule has 0 unspecified atom stereocenters. The molecule has 0 bridgehead atoms. The van der Waals surface area contributed by atoms with Crippen molar-refractivity contribution in [2.45, 2.75) is 27.2 Å². The maximum absolute atomic E-state index is 5.94. The average molecular weight is 175 g/mol. The van der Waals surface area contributed by atoms with E-state index in [2.05, 4.69) is 31.2 Å². The summed E-state index contributed by atoms with van der Waals surface area (Å²) in [5.41, 5.74) is 10.5. The highest BCUT2D eigenvalue weighted by atomic mass is 14.6. The quantitative estimate of drug-likeness (QED) is 0.734. The molecule has 0 saturated heterocycles. The summed E-state index contributed by atoms with van der Waals surface area (Å²) >= 11 is 0. The third kappa shape index (κ3) is 2.35. The maximum atomic E-state index is 5.94. The van der Waals surface area contributed by atoms with Gasteiger partial charge in [-0.15, -0.1) is 0 Å². The molecule has 0 aliphatic rings. The summed E-state index contributed by atoms with van der Waals surface area (Å²) in [5, 5.41) is 0. The van der Waals surface area contributed by atoms with E-state index in [4.69, 9.17) is 5.73 Å². The second kappa shape index (κ2) is 4.13. The van der Waals surface area contributed by atoms with Gasteiger partial charge in [0.15, 0.2) is 0 Å². The van der Waals surface area contributed by atoms with Gasteiger partial charge < -0.3 is 5.73 Å². The number of rotatable bonds is 2. The first-order chi connectivity index (χ1) is 6.15. The molecular weight excluding hydrogens is 158 g/mol. The van der Waals surface area contributed by atoms with Crippen LogP contribution in [0.1, 0.15) is 31.9 Å². The van der Waals surface area contributed by atoms with Crippen LogP contribution in [0.25, 0.3) is 5.70 Å². The molecule has 0 aromatic heterocycles. The summed E-state index contributed by atoms with van der Waals surface area (Å²) in [4.78, 5) is 0. The van der Waals surface area contributed by atoms with Crippen molar-refractivity contribution in [2.75, 3.05) is 0 Å². The van der Waals surface area contributed by atoms with Crippen molar-refractivity contribution in [3.63, 3.8) is 0 Å². The lowest BCUT2D eigenvalue weighted by Gasteiger charge is -2.05. The Hall–Kier alpha value is -1.24. The Balaban J connectivity index is 3.09. The smallest absolute Gasteiger partial charge is 0.0373 e. The van der Waals surface area contributed by atoms with Crippen LogP contribution in [0.4, 0.5) is 0 Å². The van der Waals surface area contributed by atoms with Crippen molar-refractivity contribution in [2.24, 2.45) is 5.73 Å². The Kier molecular flexibility index (Phi) is 3.13. The molecule has 13 heavy (non-hydrogen) atoms. The summed E-state index contributed by atoms with van der Waals surface area (Å²) in [6, 6.07) is 8.40. The lowest BCUT2D eigenvalue weighted by molar-refractivity contribution is 1.14. The van der Waals surface area contributed by atoms with Gasteiger partial charge in [-0.1, -0.05) is 30.7 Å². The van der Waals surface area contributed by atoms with Crippen molar-refractivity contribution < 1.29 is 0 Å². The van der Waals surface area contributed by atoms with Gasteiger partial charge in [0.25, 0.3) is 0 Å². The van der Waals surface area contributed by atoms with E-state index in [1.807, 2.05) is 13.8 Å². The van der Waals surface area contributed by atoms with E-state index in [0.717, 1.165) is 17.7 Å². The van der Waals surface area contributed by atoms with Crippen molar-refractivity contribution in [3.05, 3.63) is 41.0 Å². The topological polar surface area (TPSA) is 26.0 Å². The molecule has 0 atom stereocenters. The molecule has 0 aliphatic carbocycles. The Labute approximate surface area is 80.3 Å². The van der Waals surface area contributed by atoms with Gasteiger partial charge in [-0.3, -0.25) is 0 Å². The van der Waals surface area contributed by atoms with Crippen LogP contribution in [0.3, 0.4) is 0 Å². The van der Waals surface area contributed by atoms with E-state index >= 15 is 0 Å². The second-order valence-electron chi connectivity index (χ2n) is 3.47. The number of allylic oxidation sites excluding steroid dienone is 1. The predicted octanol–water partition coefficient (Wildman–Crippen LogP) is 2.96. The molecule has 2 N–H and O–H groups in total. The number of hydrogen-bond donors (Lipinski definition) is 1. The van der Waals surface area contributed by atoms with Gasteiger partial charge in [0, 0.05) is 5.70 Å². The van der Waals surface area contributed by atoms with Crippen molar-refractivity contribution in [1.29, 1.82) is 0 Å². The molecule has 0 saturated carbocycles. The largest absolute Gasteiger partial charge is 0.398 e. The summed E-state index contributed by atoms with van der Waals surface area (Å²) in [7, 11) is 0. The fourth-order valence-electron chi connectivity index (χ4n) is 1.25. The fourth-order valence-corrected chi connectivity index (χ4v) is 1.25. The van der Waals surface area contributed by atoms with Crippen LogP contribution in [-0.2, 0) is 6.42 Å². The van der Waals surface area contributed by atoms with Crippen LogP contribution in [0.15, 0.2) is 29.8 Å². The van der Waals surface area contributed by atoms with Gasteiger partial charge in [0.2, 0.25) is 0 Å². The molecule has 1 aromatic carbocycles. The highest BCUT2D eigenvalue weighted by molar-refractivity contribution is 5.65. The minimum absolute atomic E-state index is 0.898. The summed E-state index contributed by atoms with van der Waals surface area (Å²) < 4.78 is 0. The molecule has 1 aromatic rings. The molecule has 1 heteroatoms. The molecule has 1 rings (SSSR count). The first-order valence-corrected chi connectivity index (χ1v) is 4.67. The first kappa shape index (κ1) is 9.85. The zero-order chi connectivity index (χ0) is 9.84. The predicted molar refractivity (Wildman–Crippen MR) is 58.3 cm³/mol. The van der Waals surface area contributed by atoms with Gasteiger partial charge in [0.05, 0.1) is 0 Å². The molecule has 0 radical (unpaired) electrons. The van der Waals surface area contributed by atoms with E-state index in [9.17, 15) is 0 Å². The highest BCUT2D eigenvalue weighted by Crippen LogP contribution is 2.14. The summed E-state index contributed by atoms with van der Waals surface area (Å²) in [5.74, 6) is 0. The fraction of sp³-hybridized carbons (Fsp3) is 0.333. The van der Waals surface area contributed by atoms with E-state index in [0.29, 0.717) is 0 Å². The van der Waals surface area contributed by atoms with E-state index in [1.54, 1.807) is 0 Å². The highest BCUT2D eigenvalue weighted by Gasteiger charge is 1.98. The Morgan fingerprint density at radius 1 is 1.31 bits per heavy atom. The number of nitrogens with two attached hydrogens (primary N) is 1. The Morgan fingerprint density at radius 2 is 2.00 bits per heavy atom. The van der Waals surface area contributed by atoms with Gasteiger partial charge in [-0.05, 0) is 37.5 Å². The van der Waals surface area contributed by atoms with Crippen LogP contribution in [0, 0.1) is 0 Å². The van der Waals surface area contributed by atoms with Crippen LogP contribution < -0.4 is 5.73 Å². The van der Waals surface area contributed by atoms with Gasteiger partial charge in [-0.25, -0.2) is 0 Å². The molecular formula is C12H17N. The average Bonchev–Trinajstić information content (AvgIpc) is 2.16. The van der Waals surface area contributed by atoms with Crippen LogP contribution in [0.5, 0.6) is 0 Å². The normalized spacial score (nSPS) is 9.77. The van der Waals surface area contributed by atoms with Crippen molar-refractivity contribution in [1.82, 2.24) is 0 Å². The van der Waals surface area contributed by atoms with Crippen LogP contribution >= 0.6 is 0 Å².